The van der Waals surface area contributed by atoms with Crippen LogP contribution in [-0.4, -0.2) is 4.92 Å². The second-order valence-corrected chi connectivity index (χ2v) is 6.10. The van der Waals surface area contributed by atoms with E-state index in [1.165, 1.54) is 23.3 Å². The third-order valence-electron chi connectivity index (χ3n) is 4.03. The number of benzene rings is 3. The van der Waals surface area contributed by atoms with E-state index < -0.39 is 4.92 Å². The topological polar surface area (TPSA) is 43.1 Å². The summed E-state index contributed by atoms with van der Waals surface area (Å²) in [5.74, 6) is 0. The molecule has 3 heteroatoms. The second-order valence-electron chi connectivity index (χ2n) is 6.10. The van der Waals surface area contributed by atoms with Crippen LogP contribution in [-0.2, 0) is 0 Å². The molecular formula is C23H19NO2. The Morgan fingerprint density at radius 3 is 1.65 bits per heavy atom. The van der Waals surface area contributed by atoms with E-state index in [9.17, 15) is 10.1 Å². The zero-order chi connectivity index (χ0) is 18.4. The summed E-state index contributed by atoms with van der Waals surface area (Å²) in [7, 11) is 0. The van der Waals surface area contributed by atoms with Crippen LogP contribution in [0, 0.1) is 17.0 Å². The summed E-state index contributed by atoms with van der Waals surface area (Å²) in [6.45, 7) is 2.08. The van der Waals surface area contributed by atoms with Crippen molar-refractivity contribution in [1.29, 1.82) is 0 Å². The van der Waals surface area contributed by atoms with E-state index in [0.29, 0.717) is 0 Å². The van der Waals surface area contributed by atoms with Gasteiger partial charge in [0.15, 0.2) is 0 Å². The Hall–Kier alpha value is -3.46. The molecule has 26 heavy (non-hydrogen) atoms. The summed E-state index contributed by atoms with van der Waals surface area (Å²) < 4.78 is 0. The molecule has 3 aromatic rings. The van der Waals surface area contributed by atoms with Crippen LogP contribution in [0.2, 0.25) is 0 Å². The maximum absolute atomic E-state index is 10.7. The number of hydrogen-bond donors (Lipinski definition) is 0. The third-order valence-corrected chi connectivity index (χ3v) is 4.03. The molecule has 0 unspecified atom stereocenters. The highest BCUT2D eigenvalue weighted by molar-refractivity contribution is 5.74. The molecule has 0 aliphatic carbocycles. The lowest BCUT2D eigenvalue weighted by molar-refractivity contribution is -0.384. The predicted octanol–water partition coefficient (Wildman–Crippen LogP) is 6.24. The van der Waals surface area contributed by atoms with Gasteiger partial charge in [-0.3, -0.25) is 10.1 Å². The lowest BCUT2D eigenvalue weighted by Gasteiger charge is -1.99. The second kappa shape index (κ2) is 8.08. The molecule has 0 spiro atoms. The molecule has 0 bridgehead atoms. The van der Waals surface area contributed by atoms with Gasteiger partial charge < -0.3 is 0 Å². The van der Waals surface area contributed by atoms with Gasteiger partial charge in [0.05, 0.1) is 4.92 Å². The fourth-order valence-corrected chi connectivity index (χ4v) is 2.54. The van der Waals surface area contributed by atoms with Gasteiger partial charge in [-0.05, 0) is 47.4 Å². The largest absolute Gasteiger partial charge is 0.269 e. The maximum Gasteiger partial charge on any atom is 0.269 e. The first-order chi connectivity index (χ1) is 12.6. The van der Waals surface area contributed by atoms with Gasteiger partial charge in [0.2, 0.25) is 0 Å². The van der Waals surface area contributed by atoms with Gasteiger partial charge in [0, 0.05) is 12.1 Å². The van der Waals surface area contributed by atoms with Gasteiger partial charge in [-0.1, -0.05) is 72.3 Å². The first-order valence-electron chi connectivity index (χ1n) is 8.37. The van der Waals surface area contributed by atoms with E-state index in [0.717, 1.165) is 16.7 Å². The number of nitrogens with zero attached hydrogens (tertiary/aromatic N) is 1. The lowest BCUT2D eigenvalue weighted by Crippen LogP contribution is -1.86. The van der Waals surface area contributed by atoms with Crippen LogP contribution in [0.4, 0.5) is 5.69 Å². The van der Waals surface area contributed by atoms with E-state index in [-0.39, 0.29) is 5.69 Å². The van der Waals surface area contributed by atoms with Crippen molar-refractivity contribution in [3.63, 3.8) is 0 Å². The molecule has 0 aliphatic heterocycles. The molecule has 128 valence electrons. The van der Waals surface area contributed by atoms with Gasteiger partial charge in [0.25, 0.3) is 5.69 Å². The van der Waals surface area contributed by atoms with Gasteiger partial charge in [0.1, 0.15) is 0 Å². The number of rotatable bonds is 5. The highest BCUT2D eigenvalue weighted by Gasteiger charge is 2.02. The van der Waals surface area contributed by atoms with E-state index in [1.54, 1.807) is 12.1 Å². The molecule has 3 rings (SSSR count). The Balaban J connectivity index is 1.72. The Bertz CT molecular complexity index is 952. The first kappa shape index (κ1) is 17.4. The average molecular weight is 341 g/mol. The molecule has 0 aromatic heterocycles. The first-order valence-corrected chi connectivity index (χ1v) is 8.37. The number of nitro groups is 1. The molecule has 0 saturated carbocycles. The van der Waals surface area contributed by atoms with Crippen molar-refractivity contribution in [2.45, 2.75) is 6.92 Å². The average Bonchev–Trinajstić information content (AvgIpc) is 2.66. The van der Waals surface area contributed by atoms with Gasteiger partial charge in [-0.2, -0.15) is 0 Å². The lowest BCUT2D eigenvalue weighted by atomic mass is 10.1. The minimum Gasteiger partial charge on any atom is -0.258 e. The van der Waals surface area contributed by atoms with E-state index in [4.69, 9.17) is 0 Å². The highest BCUT2D eigenvalue weighted by Crippen LogP contribution is 2.16. The molecular weight excluding hydrogens is 322 g/mol. The van der Waals surface area contributed by atoms with Crippen molar-refractivity contribution in [1.82, 2.24) is 0 Å². The standard InChI is InChI=1S/C23H19NO2/c1-18-5-7-19(8-6-18)9-11-21-3-2-4-22(17-21)12-10-20-13-15-23(16-14-20)24(25)26/h2-17H,1H3. The molecule has 0 radical (unpaired) electrons. The van der Waals surface area contributed by atoms with E-state index in [2.05, 4.69) is 55.5 Å². The van der Waals surface area contributed by atoms with Crippen LogP contribution >= 0.6 is 0 Å². The van der Waals surface area contributed by atoms with Gasteiger partial charge in [-0.15, -0.1) is 0 Å². The molecule has 0 heterocycles. The van der Waals surface area contributed by atoms with Crippen LogP contribution in [0.1, 0.15) is 27.8 Å². The fraction of sp³-hybridized carbons (Fsp3) is 0.0435. The van der Waals surface area contributed by atoms with Crippen LogP contribution in [0.5, 0.6) is 0 Å². The predicted molar refractivity (Wildman–Crippen MR) is 109 cm³/mol. The van der Waals surface area contributed by atoms with E-state index >= 15 is 0 Å². The molecule has 0 N–H and O–H groups in total. The van der Waals surface area contributed by atoms with Gasteiger partial charge >= 0.3 is 0 Å². The fourth-order valence-electron chi connectivity index (χ4n) is 2.54. The summed E-state index contributed by atoms with van der Waals surface area (Å²) in [5.41, 5.74) is 5.65. The Morgan fingerprint density at radius 2 is 1.15 bits per heavy atom. The Labute approximate surface area is 153 Å². The summed E-state index contributed by atoms with van der Waals surface area (Å²) in [4.78, 5) is 10.3. The molecule has 0 aliphatic rings. The minimum atomic E-state index is -0.392. The van der Waals surface area contributed by atoms with Crippen molar-refractivity contribution in [3.05, 3.63) is 111 Å². The summed E-state index contributed by atoms with van der Waals surface area (Å²) in [5, 5.41) is 10.7. The third kappa shape index (κ3) is 4.77. The van der Waals surface area contributed by atoms with Crippen molar-refractivity contribution >= 4 is 30.0 Å². The van der Waals surface area contributed by atoms with Crippen LogP contribution in [0.25, 0.3) is 24.3 Å². The van der Waals surface area contributed by atoms with E-state index in [1.807, 2.05) is 24.3 Å². The smallest absolute Gasteiger partial charge is 0.258 e. The number of hydrogen-bond acceptors (Lipinski definition) is 2. The zero-order valence-electron chi connectivity index (χ0n) is 14.5. The molecule has 0 amide bonds. The number of nitro benzene ring substituents is 1. The van der Waals surface area contributed by atoms with Crippen LogP contribution in [0.15, 0.2) is 72.8 Å². The quantitative estimate of drug-likeness (QED) is 0.313. The van der Waals surface area contributed by atoms with Crippen molar-refractivity contribution < 1.29 is 4.92 Å². The minimum absolute atomic E-state index is 0.102. The molecule has 3 nitrogen and oxygen atoms in total. The van der Waals surface area contributed by atoms with Crippen molar-refractivity contribution in [3.8, 4) is 0 Å². The summed E-state index contributed by atoms with van der Waals surface area (Å²) in [6, 6.07) is 23.1. The zero-order valence-corrected chi connectivity index (χ0v) is 14.5. The Morgan fingerprint density at radius 1 is 0.692 bits per heavy atom. The summed E-state index contributed by atoms with van der Waals surface area (Å²) >= 11 is 0. The number of non-ortho nitro benzene ring substituents is 1. The molecule has 3 aromatic carbocycles. The highest BCUT2D eigenvalue weighted by atomic mass is 16.6. The molecule has 0 saturated heterocycles. The normalized spacial score (nSPS) is 11.3. The van der Waals surface area contributed by atoms with Crippen molar-refractivity contribution in [2.75, 3.05) is 0 Å². The van der Waals surface area contributed by atoms with Crippen molar-refractivity contribution in [2.24, 2.45) is 0 Å². The number of aryl methyl sites for hydroxylation is 1. The maximum atomic E-state index is 10.7. The van der Waals surface area contributed by atoms with Crippen LogP contribution in [0.3, 0.4) is 0 Å². The monoisotopic (exact) mass is 341 g/mol. The molecule has 0 atom stereocenters. The van der Waals surface area contributed by atoms with Gasteiger partial charge in [-0.25, -0.2) is 0 Å². The summed E-state index contributed by atoms with van der Waals surface area (Å²) in [6.07, 6.45) is 8.14. The molecule has 0 fully saturated rings. The SMILES string of the molecule is Cc1ccc(C=Cc2cccc(C=Cc3ccc([N+](=O)[O-])cc3)c2)cc1. The Kier molecular flexibility index (Phi) is 5.40. The van der Waals surface area contributed by atoms with Crippen LogP contribution < -0.4 is 0 Å².